The van der Waals surface area contributed by atoms with Crippen LogP contribution in [0.15, 0.2) is 65.6 Å². The molecule has 10 nitrogen and oxygen atoms in total. The van der Waals surface area contributed by atoms with E-state index in [0.717, 1.165) is 0 Å². The molecule has 0 fully saturated rings. The molecule has 2 aromatic carbocycles. The Hall–Kier alpha value is -4.86. The monoisotopic (exact) mass is 479 g/mol. The molecule has 0 bridgehead atoms. The Bertz CT molecular complexity index is 1220. The molecule has 0 aliphatic rings. The Morgan fingerprint density at radius 1 is 0.914 bits per heavy atom. The quantitative estimate of drug-likeness (QED) is 0.281. The van der Waals surface area contributed by atoms with Gasteiger partial charge in [0.2, 0.25) is 0 Å². The number of benzene rings is 2. The largest absolute Gasteiger partial charge is 0.504 e. The van der Waals surface area contributed by atoms with Crippen LogP contribution in [-0.2, 0) is 9.59 Å². The molecule has 182 valence electrons. The van der Waals surface area contributed by atoms with Crippen LogP contribution in [0.5, 0.6) is 23.0 Å². The molecule has 5 N–H and O–H groups in total. The number of carbonyl (C=O) groups is 2. The van der Waals surface area contributed by atoms with Crippen molar-refractivity contribution in [2.45, 2.75) is 6.42 Å². The van der Waals surface area contributed by atoms with E-state index in [-0.39, 0.29) is 35.3 Å². The van der Waals surface area contributed by atoms with Crippen LogP contribution in [0, 0.1) is 0 Å². The zero-order chi connectivity index (χ0) is 25.8. The minimum absolute atomic E-state index is 0.00662. The van der Waals surface area contributed by atoms with E-state index in [1.54, 1.807) is 36.4 Å². The standard InChI is InChI=1S/C21H20O6.C4H5N3O/c1-26-20-11-14(5-9-18(20)24)3-7-16(22)13-17(23)8-4-15-6-10-19(25)21(12-15)27-2;5-3-1-2-6-4(8)7-3/h3-12,24-25H,13H2,1-2H3;1-2H,(H3,5,6,7,8)/b7-3+,8-4+;. The van der Waals surface area contributed by atoms with Crippen LogP contribution in [0.1, 0.15) is 17.5 Å². The summed E-state index contributed by atoms with van der Waals surface area (Å²) in [5.74, 6) is 0.161. The van der Waals surface area contributed by atoms with Gasteiger partial charge in [-0.25, -0.2) is 4.79 Å². The lowest BCUT2D eigenvalue weighted by Gasteiger charge is -2.03. The number of carbonyl (C=O) groups excluding carboxylic acids is 2. The molecule has 0 radical (unpaired) electrons. The topological polar surface area (TPSA) is 165 Å². The molecule has 0 unspecified atom stereocenters. The van der Waals surface area contributed by atoms with Gasteiger partial charge in [0.1, 0.15) is 5.82 Å². The van der Waals surface area contributed by atoms with Crippen molar-refractivity contribution in [3.05, 3.63) is 82.4 Å². The number of hydrogen-bond donors (Lipinski definition) is 4. The molecule has 0 saturated heterocycles. The van der Waals surface area contributed by atoms with E-state index < -0.39 is 5.69 Å². The molecule has 3 aromatic rings. The number of ether oxygens (including phenoxy) is 2. The molecule has 1 aromatic heterocycles. The van der Waals surface area contributed by atoms with E-state index in [0.29, 0.717) is 22.6 Å². The van der Waals surface area contributed by atoms with Crippen molar-refractivity contribution in [2.75, 3.05) is 20.0 Å². The van der Waals surface area contributed by atoms with Crippen LogP contribution in [0.4, 0.5) is 5.82 Å². The molecule has 0 amide bonds. The summed E-state index contributed by atoms with van der Waals surface area (Å²) >= 11 is 0. The number of aromatic nitrogens is 2. The van der Waals surface area contributed by atoms with Crippen LogP contribution in [-0.4, -0.2) is 46.0 Å². The first-order valence-corrected chi connectivity index (χ1v) is 10.2. The van der Waals surface area contributed by atoms with Crippen LogP contribution in [0.3, 0.4) is 0 Å². The van der Waals surface area contributed by atoms with Gasteiger partial charge < -0.3 is 30.4 Å². The summed E-state index contributed by atoms with van der Waals surface area (Å²) in [4.78, 5) is 39.8. The lowest BCUT2D eigenvalue weighted by Crippen LogP contribution is -2.10. The van der Waals surface area contributed by atoms with E-state index in [2.05, 4.69) is 9.97 Å². The number of phenols is 2. The average Bonchev–Trinajstić information content (AvgIpc) is 2.83. The van der Waals surface area contributed by atoms with Gasteiger partial charge in [-0.3, -0.25) is 9.59 Å². The van der Waals surface area contributed by atoms with Crippen LogP contribution < -0.4 is 20.9 Å². The van der Waals surface area contributed by atoms with Crippen molar-refractivity contribution >= 4 is 29.5 Å². The van der Waals surface area contributed by atoms with Gasteiger partial charge in [0.05, 0.1) is 20.6 Å². The highest BCUT2D eigenvalue weighted by Crippen LogP contribution is 2.27. The number of nitrogens with zero attached hydrogens (tertiary/aromatic N) is 1. The fraction of sp³-hybridized carbons (Fsp3) is 0.120. The molecule has 35 heavy (non-hydrogen) atoms. The summed E-state index contributed by atoms with van der Waals surface area (Å²) in [6.07, 6.45) is 6.89. The number of phenolic OH excluding ortho intramolecular Hbond substituents is 2. The van der Waals surface area contributed by atoms with Crippen molar-refractivity contribution < 1.29 is 29.3 Å². The van der Waals surface area contributed by atoms with Crippen molar-refractivity contribution in [3.63, 3.8) is 0 Å². The third-order valence-electron chi connectivity index (χ3n) is 4.37. The van der Waals surface area contributed by atoms with E-state index >= 15 is 0 Å². The maximum absolute atomic E-state index is 11.9. The normalized spacial score (nSPS) is 10.6. The fourth-order valence-electron chi connectivity index (χ4n) is 2.65. The Morgan fingerprint density at radius 3 is 1.77 bits per heavy atom. The number of methoxy groups -OCH3 is 2. The molecule has 3 rings (SSSR count). The first-order chi connectivity index (χ1) is 16.7. The number of nitrogens with one attached hydrogen (secondary N) is 1. The second-order valence-corrected chi connectivity index (χ2v) is 6.96. The number of nitrogen functional groups attached to an aromatic ring is 1. The van der Waals surface area contributed by atoms with Crippen molar-refractivity contribution in [1.29, 1.82) is 0 Å². The highest BCUT2D eigenvalue weighted by molar-refractivity contribution is 6.10. The minimum Gasteiger partial charge on any atom is -0.504 e. The number of rotatable bonds is 8. The van der Waals surface area contributed by atoms with Crippen molar-refractivity contribution in [2.24, 2.45) is 0 Å². The summed E-state index contributed by atoms with van der Waals surface area (Å²) in [6.45, 7) is 0. The predicted molar refractivity (Wildman–Crippen MR) is 131 cm³/mol. The average molecular weight is 479 g/mol. The molecule has 0 saturated carbocycles. The second kappa shape index (κ2) is 13.0. The van der Waals surface area contributed by atoms with Crippen LogP contribution in [0.2, 0.25) is 0 Å². The number of H-pyrrole nitrogens is 1. The second-order valence-electron chi connectivity index (χ2n) is 6.96. The molecular formula is C25H25N3O7. The fourth-order valence-corrected chi connectivity index (χ4v) is 2.65. The zero-order valence-electron chi connectivity index (χ0n) is 19.1. The molecule has 0 atom stereocenters. The number of anilines is 1. The Balaban J connectivity index is 0.000000456. The van der Waals surface area contributed by atoms with Gasteiger partial charge in [-0.2, -0.15) is 4.98 Å². The number of ketones is 2. The molecule has 0 aliphatic carbocycles. The maximum Gasteiger partial charge on any atom is 0.346 e. The highest BCUT2D eigenvalue weighted by atomic mass is 16.5. The molecular weight excluding hydrogens is 454 g/mol. The summed E-state index contributed by atoms with van der Waals surface area (Å²) in [5, 5.41) is 19.1. The molecule has 10 heteroatoms. The smallest absolute Gasteiger partial charge is 0.346 e. The van der Waals surface area contributed by atoms with Crippen molar-refractivity contribution in [1.82, 2.24) is 9.97 Å². The number of aromatic amines is 1. The predicted octanol–water partition coefficient (Wildman–Crippen LogP) is 2.72. The van der Waals surface area contributed by atoms with Gasteiger partial charge in [-0.05, 0) is 53.6 Å². The Morgan fingerprint density at radius 2 is 1.40 bits per heavy atom. The Labute approximate surface area is 201 Å². The first-order valence-electron chi connectivity index (χ1n) is 10.2. The van der Waals surface area contributed by atoms with Gasteiger partial charge in [0.15, 0.2) is 34.6 Å². The van der Waals surface area contributed by atoms with E-state index in [4.69, 9.17) is 15.2 Å². The summed E-state index contributed by atoms with van der Waals surface area (Å²) in [7, 11) is 2.87. The summed E-state index contributed by atoms with van der Waals surface area (Å²) in [6, 6.07) is 10.9. The third kappa shape index (κ3) is 8.89. The number of nitrogens with two attached hydrogens (primary N) is 1. The lowest BCUT2D eigenvalue weighted by atomic mass is 10.1. The third-order valence-corrected chi connectivity index (χ3v) is 4.37. The highest BCUT2D eigenvalue weighted by Gasteiger charge is 2.06. The van der Waals surface area contributed by atoms with Gasteiger partial charge in [0.25, 0.3) is 0 Å². The number of hydrogen-bond acceptors (Lipinski definition) is 9. The lowest BCUT2D eigenvalue weighted by molar-refractivity contribution is -0.121. The van der Waals surface area contributed by atoms with Crippen LogP contribution in [0.25, 0.3) is 12.2 Å². The SMILES string of the molecule is COc1cc(/C=C/C(=O)CC(=O)/C=C/c2ccc(O)c(OC)c2)ccc1O.Nc1cc[nH]c(=O)n1. The first kappa shape index (κ1) is 26.4. The zero-order valence-corrected chi connectivity index (χ0v) is 19.1. The summed E-state index contributed by atoms with van der Waals surface area (Å²) in [5.41, 5.74) is 6.04. The van der Waals surface area contributed by atoms with Crippen molar-refractivity contribution in [3.8, 4) is 23.0 Å². The molecule has 1 heterocycles. The van der Waals surface area contributed by atoms with E-state index in [9.17, 15) is 24.6 Å². The Kier molecular flexibility index (Phi) is 9.80. The van der Waals surface area contributed by atoms with Crippen LogP contribution >= 0.6 is 0 Å². The van der Waals surface area contributed by atoms with E-state index in [1.165, 1.54) is 50.8 Å². The number of allylic oxidation sites excluding steroid dienone is 2. The van der Waals surface area contributed by atoms with Gasteiger partial charge in [-0.1, -0.05) is 24.3 Å². The van der Waals surface area contributed by atoms with Gasteiger partial charge >= 0.3 is 5.69 Å². The summed E-state index contributed by atoms with van der Waals surface area (Å²) < 4.78 is 10.00. The van der Waals surface area contributed by atoms with Gasteiger partial charge in [0, 0.05) is 6.20 Å². The maximum atomic E-state index is 11.9. The molecule has 0 spiro atoms. The number of aromatic hydroxyl groups is 2. The van der Waals surface area contributed by atoms with Gasteiger partial charge in [-0.15, -0.1) is 0 Å². The molecule has 0 aliphatic heterocycles. The van der Waals surface area contributed by atoms with E-state index in [1.807, 2.05) is 0 Å². The minimum atomic E-state index is -0.412.